The third-order valence-corrected chi connectivity index (χ3v) is 3.02. The van der Waals surface area contributed by atoms with Crippen LogP contribution in [0.3, 0.4) is 0 Å². The lowest BCUT2D eigenvalue weighted by Gasteiger charge is -2.13. The molecule has 2 aromatic carbocycles. The van der Waals surface area contributed by atoms with Crippen molar-refractivity contribution in [3.05, 3.63) is 71.3 Å². The van der Waals surface area contributed by atoms with Gasteiger partial charge in [0.15, 0.2) is 0 Å². The molecule has 0 amide bonds. The standard InChI is InChI=1S/C16H15F2N/c1-10-7-8-13(9-15(10)18)12(3)19-16-11(2)5-4-6-14(16)17/h4-9,19H,3H2,1-2H3. The summed E-state index contributed by atoms with van der Waals surface area (Å²) in [5.74, 6) is -0.653. The lowest BCUT2D eigenvalue weighted by molar-refractivity contribution is 0.618. The van der Waals surface area contributed by atoms with Gasteiger partial charge in [0.05, 0.1) is 5.69 Å². The molecule has 0 aliphatic rings. The van der Waals surface area contributed by atoms with E-state index in [-0.39, 0.29) is 11.6 Å². The van der Waals surface area contributed by atoms with Crippen LogP contribution < -0.4 is 5.32 Å². The molecule has 1 nitrogen and oxygen atoms in total. The van der Waals surface area contributed by atoms with Crippen molar-refractivity contribution in [2.75, 3.05) is 5.32 Å². The minimum atomic E-state index is -0.353. The molecule has 98 valence electrons. The first-order valence-electron chi connectivity index (χ1n) is 5.96. The van der Waals surface area contributed by atoms with Crippen molar-refractivity contribution in [3.8, 4) is 0 Å². The van der Waals surface area contributed by atoms with E-state index in [1.807, 2.05) is 0 Å². The van der Waals surface area contributed by atoms with Crippen molar-refractivity contribution < 1.29 is 8.78 Å². The monoisotopic (exact) mass is 259 g/mol. The minimum Gasteiger partial charge on any atom is -0.353 e. The Morgan fingerprint density at radius 1 is 1.00 bits per heavy atom. The largest absolute Gasteiger partial charge is 0.353 e. The summed E-state index contributed by atoms with van der Waals surface area (Å²) >= 11 is 0. The van der Waals surface area contributed by atoms with E-state index in [4.69, 9.17) is 0 Å². The van der Waals surface area contributed by atoms with Crippen LogP contribution in [-0.4, -0.2) is 0 Å². The number of nitrogens with one attached hydrogen (secondary N) is 1. The molecular formula is C16H15F2N. The van der Waals surface area contributed by atoms with E-state index in [1.54, 1.807) is 38.1 Å². The number of rotatable bonds is 3. The van der Waals surface area contributed by atoms with Crippen molar-refractivity contribution >= 4 is 11.4 Å². The Balaban J connectivity index is 2.28. The van der Waals surface area contributed by atoms with E-state index >= 15 is 0 Å². The van der Waals surface area contributed by atoms with E-state index < -0.39 is 0 Å². The highest BCUT2D eigenvalue weighted by atomic mass is 19.1. The van der Waals surface area contributed by atoms with Gasteiger partial charge in [-0.15, -0.1) is 0 Å². The summed E-state index contributed by atoms with van der Waals surface area (Å²) in [5.41, 5.74) is 2.78. The fourth-order valence-electron chi connectivity index (χ4n) is 1.79. The molecule has 0 atom stereocenters. The van der Waals surface area contributed by atoms with Gasteiger partial charge in [-0.25, -0.2) is 8.78 Å². The molecule has 3 heteroatoms. The molecule has 0 aromatic heterocycles. The Labute approximate surface area is 111 Å². The average Bonchev–Trinajstić information content (AvgIpc) is 2.37. The molecule has 0 aliphatic heterocycles. The topological polar surface area (TPSA) is 12.0 Å². The fourth-order valence-corrected chi connectivity index (χ4v) is 1.79. The van der Waals surface area contributed by atoms with Crippen LogP contribution in [0.15, 0.2) is 43.0 Å². The smallest absolute Gasteiger partial charge is 0.146 e. The second-order valence-electron chi connectivity index (χ2n) is 4.50. The summed E-state index contributed by atoms with van der Waals surface area (Å²) in [5, 5.41) is 2.91. The van der Waals surface area contributed by atoms with Gasteiger partial charge >= 0.3 is 0 Å². The highest BCUT2D eigenvalue weighted by molar-refractivity contribution is 5.76. The maximum Gasteiger partial charge on any atom is 0.146 e. The summed E-state index contributed by atoms with van der Waals surface area (Å²) in [7, 11) is 0. The molecule has 0 saturated heterocycles. The normalized spacial score (nSPS) is 10.3. The Kier molecular flexibility index (Phi) is 3.65. The van der Waals surface area contributed by atoms with Crippen LogP contribution in [0, 0.1) is 25.5 Å². The van der Waals surface area contributed by atoms with Crippen LogP contribution >= 0.6 is 0 Å². The van der Waals surface area contributed by atoms with Crippen LogP contribution in [0.4, 0.5) is 14.5 Å². The number of hydrogen-bond acceptors (Lipinski definition) is 1. The minimum absolute atomic E-state index is 0.300. The predicted octanol–water partition coefficient (Wildman–Crippen LogP) is 4.66. The fraction of sp³-hybridized carbons (Fsp3) is 0.125. The summed E-state index contributed by atoms with van der Waals surface area (Å²) in [4.78, 5) is 0. The van der Waals surface area contributed by atoms with E-state index in [9.17, 15) is 8.78 Å². The molecule has 0 radical (unpaired) electrons. The SMILES string of the molecule is C=C(Nc1c(C)cccc1F)c1ccc(C)c(F)c1. The van der Waals surface area contributed by atoms with Gasteiger partial charge in [-0.2, -0.15) is 0 Å². The lowest BCUT2D eigenvalue weighted by atomic mass is 10.1. The summed E-state index contributed by atoms with van der Waals surface area (Å²) in [6.07, 6.45) is 0. The number of anilines is 1. The van der Waals surface area contributed by atoms with Crippen LogP contribution in [0.25, 0.3) is 5.70 Å². The van der Waals surface area contributed by atoms with Crippen LogP contribution in [0.1, 0.15) is 16.7 Å². The van der Waals surface area contributed by atoms with E-state index in [0.29, 0.717) is 22.5 Å². The molecule has 0 fully saturated rings. The molecular weight excluding hydrogens is 244 g/mol. The van der Waals surface area contributed by atoms with Crippen LogP contribution in [-0.2, 0) is 0 Å². The predicted molar refractivity (Wildman–Crippen MR) is 74.9 cm³/mol. The second kappa shape index (κ2) is 5.22. The van der Waals surface area contributed by atoms with Gasteiger partial charge in [0.1, 0.15) is 11.6 Å². The zero-order valence-electron chi connectivity index (χ0n) is 10.9. The number of para-hydroxylation sites is 1. The maximum absolute atomic E-state index is 13.7. The third kappa shape index (κ3) is 2.81. The van der Waals surface area contributed by atoms with Gasteiger partial charge in [0.25, 0.3) is 0 Å². The van der Waals surface area contributed by atoms with Crippen molar-refractivity contribution in [1.29, 1.82) is 0 Å². The van der Waals surface area contributed by atoms with Gasteiger partial charge < -0.3 is 5.32 Å². The number of halogens is 2. The molecule has 0 heterocycles. The van der Waals surface area contributed by atoms with Crippen molar-refractivity contribution in [1.82, 2.24) is 0 Å². The van der Waals surface area contributed by atoms with Gasteiger partial charge in [0.2, 0.25) is 0 Å². The third-order valence-electron chi connectivity index (χ3n) is 3.02. The zero-order chi connectivity index (χ0) is 14.0. The van der Waals surface area contributed by atoms with E-state index in [2.05, 4.69) is 11.9 Å². The Bertz CT molecular complexity index is 612. The molecule has 0 unspecified atom stereocenters. The summed E-state index contributed by atoms with van der Waals surface area (Å²) in [6.45, 7) is 7.32. The lowest BCUT2D eigenvalue weighted by Crippen LogP contribution is -2.02. The van der Waals surface area contributed by atoms with Crippen molar-refractivity contribution in [2.45, 2.75) is 13.8 Å². The van der Waals surface area contributed by atoms with Crippen molar-refractivity contribution in [3.63, 3.8) is 0 Å². The first-order valence-corrected chi connectivity index (χ1v) is 5.96. The Morgan fingerprint density at radius 3 is 2.37 bits per heavy atom. The average molecular weight is 259 g/mol. The van der Waals surface area contributed by atoms with E-state index in [0.717, 1.165) is 5.56 Å². The number of aryl methyl sites for hydroxylation is 2. The molecule has 0 saturated carbocycles. The molecule has 2 rings (SSSR count). The second-order valence-corrected chi connectivity index (χ2v) is 4.50. The Morgan fingerprint density at radius 2 is 1.74 bits per heavy atom. The quantitative estimate of drug-likeness (QED) is 0.845. The van der Waals surface area contributed by atoms with Gasteiger partial charge in [-0.1, -0.05) is 30.8 Å². The number of benzene rings is 2. The molecule has 2 aromatic rings. The van der Waals surface area contributed by atoms with Gasteiger partial charge in [-0.3, -0.25) is 0 Å². The Hall–Kier alpha value is -2.16. The summed E-state index contributed by atoms with van der Waals surface area (Å²) < 4.78 is 27.2. The summed E-state index contributed by atoms with van der Waals surface area (Å²) in [6, 6.07) is 9.63. The van der Waals surface area contributed by atoms with Gasteiger partial charge in [0, 0.05) is 11.3 Å². The molecule has 0 aliphatic carbocycles. The van der Waals surface area contributed by atoms with Crippen molar-refractivity contribution in [2.24, 2.45) is 0 Å². The zero-order valence-corrected chi connectivity index (χ0v) is 10.9. The molecule has 0 spiro atoms. The maximum atomic E-state index is 13.7. The van der Waals surface area contributed by atoms with Gasteiger partial charge in [-0.05, 0) is 37.1 Å². The number of hydrogen-bond donors (Lipinski definition) is 1. The first-order chi connectivity index (χ1) is 8.99. The highest BCUT2D eigenvalue weighted by Crippen LogP contribution is 2.24. The molecule has 0 bridgehead atoms. The first kappa shape index (κ1) is 13.3. The molecule has 1 N–H and O–H groups in total. The van der Waals surface area contributed by atoms with E-state index in [1.165, 1.54) is 12.1 Å². The van der Waals surface area contributed by atoms with Crippen LogP contribution in [0.2, 0.25) is 0 Å². The molecule has 19 heavy (non-hydrogen) atoms. The van der Waals surface area contributed by atoms with Crippen LogP contribution in [0.5, 0.6) is 0 Å². The highest BCUT2D eigenvalue weighted by Gasteiger charge is 2.08.